The maximum absolute atomic E-state index is 14.0. The second kappa shape index (κ2) is 7.57. The number of nitrogens with zero attached hydrogens (tertiary/aromatic N) is 3. The molecule has 8 heteroatoms. The summed E-state index contributed by atoms with van der Waals surface area (Å²) < 4.78 is 21.0. The Labute approximate surface area is 133 Å². The van der Waals surface area contributed by atoms with Gasteiger partial charge in [-0.1, -0.05) is 0 Å². The van der Waals surface area contributed by atoms with Crippen LogP contribution < -0.4 is 15.4 Å². The number of urea groups is 1. The molecule has 0 radical (unpaired) electrons. The summed E-state index contributed by atoms with van der Waals surface area (Å²) in [5.74, 6) is -0.134. The number of halogens is 1. The minimum absolute atomic E-state index is 0.0471. The number of carbonyl (C=O) groups excluding carboxylic acids is 1. The maximum atomic E-state index is 14.0. The highest BCUT2D eigenvalue weighted by Gasteiger charge is 2.12. The van der Waals surface area contributed by atoms with Gasteiger partial charge >= 0.3 is 6.03 Å². The normalized spacial score (nSPS) is 12.0. The topological polar surface area (TPSA) is 81.1 Å². The van der Waals surface area contributed by atoms with Gasteiger partial charge in [0.25, 0.3) is 0 Å². The van der Waals surface area contributed by atoms with Crippen molar-refractivity contribution in [1.82, 2.24) is 20.1 Å². The molecular weight excluding hydrogens is 301 g/mol. The van der Waals surface area contributed by atoms with Gasteiger partial charge in [-0.25, -0.2) is 14.2 Å². The fraction of sp³-hybridized carbons (Fsp3) is 0.400. The van der Waals surface area contributed by atoms with Crippen LogP contribution in [0.4, 0.5) is 14.9 Å². The number of benzene rings is 1. The summed E-state index contributed by atoms with van der Waals surface area (Å²) in [6, 6.07) is 3.64. The minimum Gasteiger partial charge on any atom is -0.491 e. The number of hydrogen-bond donors (Lipinski definition) is 2. The van der Waals surface area contributed by atoms with Crippen molar-refractivity contribution < 1.29 is 13.9 Å². The first kappa shape index (κ1) is 16.7. The van der Waals surface area contributed by atoms with Crippen LogP contribution in [-0.2, 0) is 6.54 Å². The summed E-state index contributed by atoms with van der Waals surface area (Å²) >= 11 is 0. The Morgan fingerprint density at radius 1 is 1.39 bits per heavy atom. The molecule has 1 heterocycles. The maximum Gasteiger partial charge on any atom is 0.319 e. The number of amides is 2. The van der Waals surface area contributed by atoms with Gasteiger partial charge in [-0.3, -0.25) is 4.68 Å². The monoisotopic (exact) mass is 321 g/mol. The second-order valence-corrected chi connectivity index (χ2v) is 5.43. The van der Waals surface area contributed by atoms with Crippen LogP contribution in [0.1, 0.15) is 20.8 Å². The number of anilines is 1. The van der Waals surface area contributed by atoms with Gasteiger partial charge in [0.15, 0.2) is 0 Å². The zero-order valence-corrected chi connectivity index (χ0v) is 13.3. The molecule has 7 nitrogen and oxygen atoms in total. The lowest BCUT2D eigenvalue weighted by Crippen LogP contribution is -2.38. The number of carbonyl (C=O) groups is 1. The summed E-state index contributed by atoms with van der Waals surface area (Å²) in [6.07, 6.45) is 2.93. The van der Waals surface area contributed by atoms with Crippen molar-refractivity contribution in [2.45, 2.75) is 39.5 Å². The van der Waals surface area contributed by atoms with Crippen molar-refractivity contribution in [3.8, 4) is 5.75 Å². The second-order valence-electron chi connectivity index (χ2n) is 5.43. The number of rotatable bonds is 6. The molecule has 0 aliphatic heterocycles. The summed E-state index contributed by atoms with van der Waals surface area (Å²) in [5, 5.41) is 9.13. The molecule has 2 N–H and O–H groups in total. The van der Waals surface area contributed by atoms with Crippen molar-refractivity contribution >= 4 is 11.7 Å². The van der Waals surface area contributed by atoms with E-state index >= 15 is 0 Å². The summed E-state index contributed by atoms with van der Waals surface area (Å²) in [5.41, 5.74) is 0.0894. The molecule has 2 aromatic rings. The van der Waals surface area contributed by atoms with Crippen LogP contribution in [0, 0.1) is 5.82 Å². The number of hydrogen-bond acceptors (Lipinski definition) is 4. The predicted octanol–water partition coefficient (Wildman–Crippen LogP) is 2.41. The Hall–Kier alpha value is -2.64. The number of aromatic nitrogens is 3. The van der Waals surface area contributed by atoms with E-state index in [0.717, 1.165) is 0 Å². The molecule has 2 amide bonds. The Balaban J connectivity index is 1.89. The van der Waals surface area contributed by atoms with Crippen molar-refractivity contribution in [2.75, 3.05) is 5.32 Å². The molecule has 0 bridgehead atoms. The first-order valence-corrected chi connectivity index (χ1v) is 7.30. The lowest BCUT2D eigenvalue weighted by molar-refractivity contribution is 0.241. The Morgan fingerprint density at radius 2 is 2.17 bits per heavy atom. The van der Waals surface area contributed by atoms with E-state index in [0.29, 0.717) is 12.3 Å². The van der Waals surface area contributed by atoms with Crippen LogP contribution in [-0.4, -0.2) is 32.9 Å². The van der Waals surface area contributed by atoms with Crippen LogP contribution >= 0.6 is 0 Å². The molecule has 0 fully saturated rings. The molecular formula is C15H20FN5O2. The fourth-order valence-electron chi connectivity index (χ4n) is 1.98. The van der Waals surface area contributed by atoms with E-state index in [1.807, 2.05) is 20.8 Å². The average molecular weight is 321 g/mol. The van der Waals surface area contributed by atoms with E-state index in [1.165, 1.54) is 18.5 Å². The van der Waals surface area contributed by atoms with Crippen molar-refractivity contribution in [2.24, 2.45) is 0 Å². The molecule has 0 aliphatic carbocycles. The zero-order chi connectivity index (χ0) is 16.8. The third-order valence-electron chi connectivity index (χ3n) is 2.87. The van der Waals surface area contributed by atoms with Gasteiger partial charge in [-0.05, 0) is 32.9 Å². The molecule has 0 unspecified atom stereocenters. The van der Waals surface area contributed by atoms with E-state index in [2.05, 4.69) is 20.7 Å². The van der Waals surface area contributed by atoms with Crippen molar-refractivity contribution in [3.63, 3.8) is 0 Å². The predicted molar refractivity (Wildman–Crippen MR) is 83.8 cm³/mol. The van der Waals surface area contributed by atoms with Crippen LogP contribution in [0.3, 0.4) is 0 Å². The van der Waals surface area contributed by atoms with Crippen LogP contribution in [0.5, 0.6) is 5.75 Å². The zero-order valence-electron chi connectivity index (χ0n) is 13.3. The van der Waals surface area contributed by atoms with Gasteiger partial charge in [0.1, 0.15) is 24.2 Å². The number of ether oxygens (including phenoxy) is 1. The van der Waals surface area contributed by atoms with E-state index in [1.54, 1.807) is 17.1 Å². The van der Waals surface area contributed by atoms with E-state index in [9.17, 15) is 9.18 Å². The summed E-state index contributed by atoms with van der Waals surface area (Å²) in [4.78, 5) is 15.7. The van der Waals surface area contributed by atoms with Crippen molar-refractivity contribution in [3.05, 3.63) is 36.7 Å². The standard InChI is InChI=1S/C15H20FN5O2/c1-10(2)23-12-4-5-14(13(16)6-12)20-15(22)19-11(3)7-21-9-17-8-18-21/h4-6,8-11H,7H2,1-3H3,(H2,19,20,22)/t11-/m0/s1. The van der Waals surface area contributed by atoms with Gasteiger partial charge in [0, 0.05) is 12.1 Å². The molecule has 1 aromatic heterocycles. The van der Waals surface area contributed by atoms with Gasteiger partial charge < -0.3 is 15.4 Å². The highest BCUT2D eigenvalue weighted by Crippen LogP contribution is 2.21. The molecule has 0 aliphatic rings. The smallest absolute Gasteiger partial charge is 0.319 e. The molecule has 1 aromatic carbocycles. The van der Waals surface area contributed by atoms with Gasteiger partial charge in [0.05, 0.1) is 18.3 Å². The molecule has 0 saturated heterocycles. The first-order chi connectivity index (χ1) is 10.9. The highest BCUT2D eigenvalue weighted by molar-refractivity contribution is 5.89. The third kappa shape index (κ3) is 5.24. The lowest BCUT2D eigenvalue weighted by Gasteiger charge is -2.15. The molecule has 1 atom stereocenters. The van der Waals surface area contributed by atoms with E-state index < -0.39 is 11.8 Å². The summed E-state index contributed by atoms with van der Waals surface area (Å²) in [6.45, 7) is 6.00. The molecule has 0 spiro atoms. The first-order valence-electron chi connectivity index (χ1n) is 7.30. The average Bonchev–Trinajstić information content (AvgIpc) is 2.93. The molecule has 2 rings (SSSR count). The SMILES string of the molecule is CC(C)Oc1ccc(NC(=O)N[C@@H](C)Cn2cncn2)c(F)c1. The van der Waals surface area contributed by atoms with Gasteiger partial charge in [0.2, 0.25) is 0 Å². The van der Waals surface area contributed by atoms with Crippen LogP contribution in [0.25, 0.3) is 0 Å². The quantitative estimate of drug-likeness (QED) is 0.856. The van der Waals surface area contributed by atoms with Crippen molar-refractivity contribution in [1.29, 1.82) is 0 Å². The minimum atomic E-state index is -0.553. The molecule has 0 saturated carbocycles. The fourth-order valence-corrected chi connectivity index (χ4v) is 1.98. The Morgan fingerprint density at radius 3 is 2.78 bits per heavy atom. The third-order valence-corrected chi connectivity index (χ3v) is 2.87. The largest absolute Gasteiger partial charge is 0.491 e. The van der Waals surface area contributed by atoms with Crippen LogP contribution in [0.2, 0.25) is 0 Å². The van der Waals surface area contributed by atoms with Gasteiger partial charge in [-0.15, -0.1) is 0 Å². The van der Waals surface area contributed by atoms with Gasteiger partial charge in [-0.2, -0.15) is 5.10 Å². The lowest BCUT2D eigenvalue weighted by atomic mass is 10.3. The highest BCUT2D eigenvalue weighted by atomic mass is 19.1. The molecule has 23 heavy (non-hydrogen) atoms. The van der Waals surface area contributed by atoms with Crippen LogP contribution in [0.15, 0.2) is 30.9 Å². The Kier molecular flexibility index (Phi) is 5.51. The molecule has 124 valence electrons. The number of nitrogens with one attached hydrogen (secondary N) is 2. The van der Waals surface area contributed by atoms with E-state index in [4.69, 9.17) is 4.74 Å². The van der Waals surface area contributed by atoms with E-state index in [-0.39, 0.29) is 17.8 Å². The Bertz CT molecular complexity index is 645. The summed E-state index contributed by atoms with van der Waals surface area (Å²) in [7, 11) is 0.